The minimum Gasteiger partial charge on any atom is -0.497 e. The number of ether oxygens (including phenoxy) is 4. The minimum atomic E-state index is -0.291. The van der Waals surface area contributed by atoms with Gasteiger partial charge in [0, 0.05) is 43.5 Å². The number of methoxy groups -OCH3 is 1. The third kappa shape index (κ3) is 3.64. The van der Waals surface area contributed by atoms with Crippen LogP contribution in [-0.2, 0) is 22.4 Å². The van der Waals surface area contributed by atoms with Crippen LogP contribution < -0.4 is 14.8 Å². The molecule has 3 aliphatic rings. The van der Waals surface area contributed by atoms with Gasteiger partial charge in [-0.25, -0.2) is 0 Å². The minimum absolute atomic E-state index is 0.136. The molecule has 0 amide bonds. The van der Waals surface area contributed by atoms with Gasteiger partial charge in [0.25, 0.3) is 0 Å². The molecule has 0 radical (unpaired) electrons. The van der Waals surface area contributed by atoms with Gasteiger partial charge in [-0.15, -0.1) is 0 Å². The first-order chi connectivity index (χ1) is 12.2. The van der Waals surface area contributed by atoms with Crippen LogP contribution in [0.3, 0.4) is 0 Å². The van der Waals surface area contributed by atoms with Gasteiger partial charge in [-0.2, -0.15) is 0 Å². The number of hydrogen-bond acceptors (Lipinski definition) is 5. The lowest BCUT2D eigenvalue weighted by Crippen LogP contribution is -2.35. The Morgan fingerprint density at radius 2 is 2.08 bits per heavy atom. The monoisotopic (exact) mass is 347 g/mol. The average Bonchev–Trinajstić information content (AvgIpc) is 3.18. The van der Waals surface area contributed by atoms with Crippen molar-refractivity contribution in [2.45, 2.75) is 70.0 Å². The Kier molecular flexibility index (Phi) is 4.89. The molecule has 1 aliphatic carbocycles. The van der Waals surface area contributed by atoms with Gasteiger partial charge in [0.1, 0.15) is 17.6 Å². The van der Waals surface area contributed by atoms with Crippen molar-refractivity contribution < 1.29 is 18.9 Å². The van der Waals surface area contributed by atoms with Crippen LogP contribution in [0.1, 0.15) is 50.2 Å². The van der Waals surface area contributed by atoms with Crippen molar-refractivity contribution >= 4 is 0 Å². The number of fused-ring (bicyclic) bond motifs is 1. The van der Waals surface area contributed by atoms with Crippen molar-refractivity contribution in [3.05, 3.63) is 23.3 Å². The Balaban J connectivity index is 1.34. The first-order valence-electron chi connectivity index (χ1n) is 9.56. The second kappa shape index (κ2) is 7.14. The molecule has 1 aromatic rings. The lowest BCUT2D eigenvalue weighted by atomic mass is 9.94. The largest absolute Gasteiger partial charge is 0.497 e. The first-order valence-corrected chi connectivity index (χ1v) is 9.56. The van der Waals surface area contributed by atoms with Gasteiger partial charge in [-0.05, 0) is 31.9 Å². The number of nitrogens with one attached hydrogen (secondary N) is 1. The molecule has 1 saturated heterocycles. The SMILES string of the molecule is COc1cc(CNCC2COC3(CCCCC3)O2)c2c(c1)CC(C)O2. The van der Waals surface area contributed by atoms with Crippen LogP contribution in [0.15, 0.2) is 12.1 Å². The van der Waals surface area contributed by atoms with E-state index in [9.17, 15) is 0 Å². The summed E-state index contributed by atoms with van der Waals surface area (Å²) in [7, 11) is 1.71. The van der Waals surface area contributed by atoms with Gasteiger partial charge in [0.15, 0.2) is 5.79 Å². The van der Waals surface area contributed by atoms with E-state index in [4.69, 9.17) is 18.9 Å². The lowest BCUT2D eigenvalue weighted by molar-refractivity contribution is -0.186. The maximum absolute atomic E-state index is 6.24. The average molecular weight is 347 g/mol. The number of rotatable bonds is 5. The van der Waals surface area contributed by atoms with Crippen molar-refractivity contribution in [2.75, 3.05) is 20.3 Å². The summed E-state index contributed by atoms with van der Waals surface area (Å²) < 4.78 is 23.7. The van der Waals surface area contributed by atoms with Gasteiger partial charge in [0.05, 0.1) is 19.8 Å². The molecule has 0 bridgehead atoms. The Hall–Kier alpha value is -1.30. The van der Waals surface area contributed by atoms with Crippen molar-refractivity contribution in [1.29, 1.82) is 0 Å². The summed E-state index contributed by atoms with van der Waals surface area (Å²) >= 11 is 0. The van der Waals surface area contributed by atoms with Crippen molar-refractivity contribution in [2.24, 2.45) is 0 Å². The maximum atomic E-state index is 6.24. The highest BCUT2D eigenvalue weighted by Crippen LogP contribution is 2.38. The van der Waals surface area contributed by atoms with E-state index >= 15 is 0 Å². The van der Waals surface area contributed by atoms with Crippen LogP contribution in [-0.4, -0.2) is 38.3 Å². The molecular formula is C20H29NO4. The van der Waals surface area contributed by atoms with Gasteiger partial charge in [-0.1, -0.05) is 6.42 Å². The molecule has 2 aliphatic heterocycles. The van der Waals surface area contributed by atoms with Crippen LogP contribution >= 0.6 is 0 Å². The zero-order chi connectivity index (χ0) is 17.3. The van der Waals surface area contributed by atoms with E-state index in [1.54, 1.807) is 7.11 Å². The van der Waals surface area contributed by atoms with Gasteiger partial charge >= 0.3 is 0 Å². The molecule has 1 aromatic carbocycles. The molecule has 5 heteroatoms. The molecule has 2 unspecified atom stereocenters. The predicted octanol–water partition coefficient (Wildman–Crippen LogP) is 3.18. The molecule has 25 heavy (non-hydrogen) atoms. The zero-order valence-corrected chi connectivity index (χ0v) is 15.3. The third-order valence-electron chi connectivity index (χ3n) is 5.49. The highest BCUT2D eigenvalue weighted by molar-refractivity contribution is 5.49. The summed E-state index contributed by atoms with van der Waals surface area (Å²) in [6, 6.07) is 4.15. The van der Waals surface area contributed by atoms with E-state index < -0.39 is 0 Å². The lowest BCUT2D eigenvalue weighted by Gasteiger charge is -2.31. The topological polar surface area (TPSA) is 49.0 Å². The molecule has 1 spiro atoms. The van der Waals surface area contributed by atoms with Gasteiger partial charge < -0.3 is 24.3 Å². The highest BCUT2D eigenvalue weighted by Gasteiger charge is 2.41. The molecule has 4 rings (SSSR count). The van der Waals surface area contributed by atoms with Crippen molar-refractivity contribution in [3.8, 4) is 11.5 Å². The number of hydrogen-bond donors (Lipinski definition) is 1. The summed E-state index contributed by atoms with van der Waals surface area (Å²) in [6.07, 6.45) is 7.13. The van der Waals surface area contributed by atoms with E-state index in [1.807, 2.05) is 0 Å². The molecule has 1 N–H and O–H groups in total. The number of benzene rings is 1. The Morgan fingerprint density at radius 3 is 2.88 bits per heavy atom. The van der Waals surface area contributed by atoms with Gasteiger partial charge in [-0.3, -0.25) is 0 Å². The molecule has 138 valence electrons. The predicted molar refractivity (Wildman–Crippen MR) is 95.1 cm³/mol. The second-order valence-corrected chi connectivity index (χ2v) is 7.56. The van der Waals surface area contributed by atoms with Crippen LogP contribution in [0.2, 0.25) is 0 Å². The second-order valence-electron chi connectivity index (χ2n) is 7.56. The molecule has 2 fully saturated rings. The first kappa shape index (κ1) is 17.1. The van der Waals surface area contributed by atoms with E-state index in [0.29, 0.717) is 6.61 Å². The van der Waals surface area contributed by atoms with Crippen LogP contribution in [0.5, 0.6) is 11.5 Å². The van der Waals surface area contributed by atoms with Crippen molar-refractivity contribution in [3.63, 3.8) is 0 Å². The molecule has 5 nitrogen and oxygen atoms in total. The van der Waals surface area contributed by atoms with Gasteiger partial charge in [0.2, 0.25) is 0 Å². The van der Waals surface area contributed by atoms with Crippen LogP contribution in [0, 0.1) is 0 Å². The Labute approximate surface area is 150 Å². The molecule has 1 saturated carbocycles. The summed E-state index contributed by atoms with van der Waals surface area (Å²) in [5.41, 5.74) is 2.40. The van der Waals surface area contributed by atoms with Crippen molar-refractivity contribution in [1.82, 2.24) is 5.32 Å². The van der Waals surface area contributed by atoms with Crippen LogP contribution in [0.25, 0.3) is 0 Å². The summed E-state index contributed by atoms with van der Waals surface area (Å²) in [5.74, 6) is 1.63. The smallest absolute Gasteiger partial charge is 0.168 e. The van der Waals surface area contributed by atoms with E-state index in [2.05, 4.69) is 24.4 Å². The molecular weight excluding hydrogens is 318 g/mol. The summed E-state index contributed by atoms with van der Waals surface area (Å²) in [5, 5.41) is 3.52. The molecule has 2 atom stereocenters. The Morgan fingerprint density at radius 1 is 1.24 bits per heavy atom. The maximum Gasteiger partial charge on any atom is 0.168 e. The van der Waals surface area contributed by atoms with E-state index in [0.717, 1.165) is 49.4 Å². The molecule has 2 heterocycles. The van der Waals surface area contributed by atoms with E-state index in [1.165, 1.54) is 24.8 Å². The zero-order valence-electron chi connectivity index (χ0n) is 15.3. The highest BCUT2D eigenvalue weighted by atomic mass is 16.7. The fraction of sp³-hybridized carbons (Fsp3) is 0.700. The summed E-state index contributed by atoms with van der Waals surface area (Å²) in [6.45, 7) is 4.34. The fourth-order valence-corrected chi connectivity index (χ4v) is 4.26. The van der Waals surface area contributed by atoms with E-state index in [-0.39, 0.29) is 18.0 Å². The Bertz CT molecular complexity index is 612. The third-order valence-corrected chi connectivity index (χ3v) is 5.49. The molecule has 0 aromatic heterocycles. The quantitative estimate of drug-likeness (QED) is 0.886. The normalized spacial score (nSPS) is 27.3. The fourth-order valence-electron chi connectivity index (χ4n) is 4.26. The van der Waals surface area contributed by atoms with Crippen LogP contribution in [0.4, 0.5) is 0 Å². The summed E-state index contributed by atoms with van der Waals surface area (Å²) in [4.78, 5) is 0. The standard InChI is InChI=1S/C20H29NO4/c1-14-8-15-9-17(22-2)10-16(19(15)24-14)11-21-12-18-13-23-20(25-18)6-4-3-5-7-20/h9-10,14,18,21H,3-8,11-13H2,1-2H3.